The molecule has 1 nitrogen and oxygen atoms in total. The molecule has 0 aromatic carbocycles. The summed E-state index contributed by atoms with van der Waals surface area (Å²) in [4.78, 5) is 0. The van der Waals surface area contributed by atoms with E-state index in [1.165, 1.54) is 0 Å². The minimum absolute atomic E-state index is 0.0650. The molecule has 0 spiro atoms. The molecule has 0 heterocycles. The van der Waals surface area contributed by atoms with E-state index < -0.39 is 5.60 Å². The predicted octanol–water partition coefficient (Wildman–Crippen LogP) is 3.06. The minimum atomic E-state index is -0.604. The van der Waals surface area contributed by atoms with Crippen LogP contribution in [0, 0.1) is 5.41 Å². The maximum absolute atomic E-state index is 10.4. The molecule has 0 fully saturated rings. The second-order valence-corrected chi connectivity index (χ2v) is 4.85. The Labute approximate surface area is 81.2 Å². The zero-order chi connectivity index (χ0) is 10.1. The van der Waals surface area contributed by atoms with Gasteiger partial charge in [-0.15, -0.1) is 0 Å². The van der Waals surface area contributed by atoms with Gasteiger partial charge in [-0.1, -0.05) is 45.9 Å². The van der Waals surface area contributed by atoms with E-state index in [0.29, 0.717) is 0 Å². The maximum Gasteiger partial charge on any atom is 0.0896 e. The molecule has 0 amide bonds. The topological polar surface area (TPSA) is 20.2 Å². The first kappa shape index (κ1) is 10.5. The van der Waals surface area contributed by atoms with E-state index in [9.17, 15) is 5.11 Å². The Morgan fingerprint density at radius 3 is 2.46 bits per heavy atom. The quantitative estimate of drug-likeness (QED) is 0.657. The van der Waals surface area contributed by atoms with Gasteiger partial charge >= 0.3 is 0 Å². The fourth-order valence-electron chi connectivity index (χ4n) is 1.98. The molecule has 1 rings (SSSR count). The smallest absolute Gasteiger partial charge is 0.0896 e. The molecule has 0 bridgehead atoms. The van der Waals surface area contributed by atoms with Crippen LogP contribution in [-0.4, -0.2) is 10.7 Å². The first-order chi connectivity index (χ1) is 5.90. The fourth-order valence-corrected chi connectivity index (χ4v) is 1.98. The molecule has 1 aliphatic rings. The van der Waals surface area contributed by atoms with E-state index in [1.54, 1.807) is 0 Å². The molecule has 1 unspecified atom stereocenters. The molecule has 0 aromatic rings. The Morgan fingerprint density at radius 1 is 1.46 bits per heavy atom. The summed E-state index contributed by atoms with van der Waals surface area (Å²) in [6.45, 7) is 8.49. The summed E-state index contributed by atoms with van der Waals surface area (Å²) in [6, 6.07) is 0. The lowest BCUT2D eigenvalue weighted by Gasteiger charge is -2.38. The molecular weight excluding hydrogens is 160 g/mol. The van der Waals surface area contributed by atoms with Crippen LogP contribution in [0.4, 0.5) is 0 Å². The molecule has 0 aliphatic heterocycles. The zero-order valence-electron chi connectivity index (χ0n) is 9.09. The lowest BCUT2D eigenvalue weighted by molar-refractivity contribution is 0.0569. The number of allylic oxidation sites excluding steroid dienone is 2. The fraction of sp³-hybridized carbons (Fsp3) is 0.667. The second kappa shape index (κ2) is 3.30. The Morgan fingerprint density at radius 2 is 2.08 bits per heavy atom. The predicted molar refractivity (Wildman–Crippen MR) is 56.5 cm³/mol. The van der Waals surface area contributed by atoms with Crippen LogP contribution in [0.5, 0.6) is 0 Å². The highest BCUT2D eigenvalue weighted by Gasteiger charge is 2.36. The van der Waals surface area contributed by atoms with Crippen molar-refractivity contribution in [1.29, 1.82) is 0 Å². The second-order valence-electron chi connectivity index (χ2n) is 4.85. The molecule has 13 heavy (non-hydrogen) atoms. The van der Waals surface area contributed by atoms with E-state index in [2.05, 4.69) is 26.8 Å². The Kier molecular flexibility index (Phi) is 2.67. The molecule has 1 heteroatoms. The van der Waals surface area contributed by atoms with E-state index >= 15 is 0 Å². The van der Waals surface area contributed by atoms with Gasteiger partial charge in [0.1, 0.15) is 0 Å². The van der Waals surface area contributed by atoms with E-state index in [0.717, 1.165) is 18.4 Å². The third kappa shape index (κ3) is 2.02. The molecule has 0 saturated carbocycles. The Balaban J connectivity index is 3.03. The average molecular weight is 180 g/mol. The van der Waals surface area contributed by atoms with E-state index in [-0.39, 0.29) is 5.41 Å². The summed E-state index contributed by atoms with van der Waals surface area (Å²) in [5.74, 6) is 0. The molecule has 1 atom stereocenters. The van der Waals surface area contributed by atoms with Gasteiger partial charge in [0.25, 0.3) is 0 Å². The van der Waals surface area contributed by atoms with Gasteiger partial charge in [0.05, 0.1) is 5.60 Å². The Bertz CT molecular complexity index is 242. The van der Waals surface area contributed by atoms with Crippen molar-refractivity contribution in [3.63, 3.8) is 0 Å². The summed E-state index contributed by atoms with van der Waals surface area (Å²) < 4.78 is 0. The summed E-state index contributed by atoms with van der Waals surface area (Å²) in [5, 5.41) is 10.4. The molecule has 1 aliphatic carbocycles. The summed E-state index contributed by atoms with van der Waals surface area (Å²) in [6.07, 6.45) is 7.70. The van der Waals surface area contributed by atoms with Crippen molar-refractivity contribution in [2.75, 3.05) is 0 Å². The number of hydrogen-bond acceptors (Lipinski definition) is 1. The number of aliphatic hydroxyl groups is 1. The largest absolute Gasteiger partial charge is 0.385 e. The molecule has 74 valence electrons. The van der Waals surface area contributed by atoms with Crippen molar-refractivity contribution >= 4 is 0 Å². The van der Waals surface area contributed by atoms with Gasteiger partial charge in [-0.2, -0.15) is 0 Å². The van der Waals surface area contributed by atoms with E-state index in [4.69, 9.17) is 0 Å². The van der Waals surface area contributed by atoms with Gasteiger partial charge in [0, 0.05) is 0 Å². The molecule has 0 aromatic heterocycles. The van der Waals surface area contributed by atoms with Crippen LogP contribution < -0.4 is 0 Å². The molecule has 0 radical (unpaired) electrons. The molecular formula is C12H20O. The third-order valence-corrected chi connectivity index (χ3v) is 2.75. The first-order valence-corrected chi connectivity index (χ1v) is 5.00. The van der Waals surface area contributed by atoms with Gasteiger partial charge in [-0.25, -0.2) is 0 Å². The highest BCUT2D eigenvalue weighted by atomic mass is 16.3. The van der Waals surface area contributed by atoms with Crippen molar-refractivity contribution in [3.8, 4) is 0 Å². The first-order valence-electron chi connectivity index (χ1n) is 5.00. The standard InChI is InChI=1S/C12H20O/c1-5-12(13)9-7-6-8-10(12)11(2,3)4/h6-8,13H,5,9H2,1-4H3. The third-order valence-electron chi connectivity index (χ3n) is 2.75. The van der Waals surface area contributed by atoms with Crippen LogP contribution in [0.25, 0.3) is 0 Å². The zero-order valence-corrected chi connectivity index (χ0v) is 9.09. The van der Waals surface area contributed by atoms with Crippen LogP contribution >= 0.6 is 0 Å². The maximum atomic E-state index is 10.4. The van der Waals surface area contributed by atoms with Gasteiger partial charge in [0.2, 0.25) is 0 Å². The monoisotopic (exact) mass is 180 g/mol. The SMILES string of the molecule is CCC1(O)CC=CC=C1C(C)(C)C. The summed E-state index contributed by atoms with van der Waals surface area (Å²) in [5.41, 5.74) is 0.618. The van der Waals surface area contributed by atoms with Gasteiger partial charge in [0.15, 0.2) is 0 Å². The lowest BCUT2D eigenvalue weighted by Crippen LogP contribution is -2.37. The van der Waals surface area contributed by atoms with Crippen LogP contribution in [0.15, 0.2) is 23.8 Å². The number of hydrogen-bond donors (Lipinski definition) is 1. The summed E-state index contributed by atoms with van der Waals surface area (Å²) in [7, 11) is 0. The Hall–Kier alpha value is -0.560. The normalized spacial score (nSPS) is 28.8. The van der Waals surface area contributed by atoms with Crippen LogP contribution in [0.2, 0.25) is 0 Å². The van der Waals surface area contributed by atoms with E-state index in [1.807, 2.05) is 19.1 Å². The van der Waals surface area contributed by atoms with Gasteiger partial charge < -0.3 is 5.11 Å². The molecule has 0 saturated heterocycles. The van der Waals surface area contributed by atoms with Crippen molar-refractivity contribution in [2.45, 2.75) is 46.1 Å². The van der Waals surface area contributed by atoms with Crippen LogP contribution in [0.3, 0.4) is 0 Å². The average Bonchev–Trinajstić information content (AvgIpc) is 2.03. The molecule has 1 N–H and O–H groups in total. The van der Waals surface area contributed by atoms with Crippen molar-refractivity contribution < 1.29 is 5.11 Å². The number of rotatable bonds is 1. The van der Waals surface area contributed by atoms with Crippen molar-refractivity contribution in [2.24, 2.45) is 5.41 Å². The lowest BCUT2D eigenvalue weighted by atomic mass is 9.71. The highest BCUT2D eigenvalue weighted by molar-refractivity contribution is 5.32. The van der Waals surface area contributed by atoms with Crippen molar-refractivity contribution in [3.05, 3.63) is 23.8 Å². The minimum Gasteiger partial charge on any atom is -0.385 e. The van der Waals surface area contributed by atoms with Gasteiger partial charge in [-0.3, -0.25) is 0 Å². The van der Waals surface area contributed by atoms with Crippen LogP contribution in [0.1, 0.15) is 40.5 Å². The van der Waals surface area contributed by atoms with Crippen molar-refractivity contribution in [1.82, 2.24) is 0 Å². The summed E-state index contributed by atoms with van der Waals surface area (Å²) >= 11 is 0. The van der Waals surface area contributed by atoms with Crippen LogP contribution in [-0.2, 0) is 0 Å². The van der Waals surface area contributed by atoms with Gasteiger partial charge in [-0.05, 0) is 23.8 Å². The highest BCUT2D eigenvalue weighted by Crippen LogP contribution is 2.40.